The Morgan fingerprint density at radius 1 is 1.36 bits per heavy atom. The molecule has 3 rings (SSSR count). The fraction of sp³-hybridized carbons (Fsp3) is 0.600. The van der Waals surface area contributed by atoms with Crippen molar-refractivity contribution >= 4 is 22.8 Å². The molecule has 0 aromatic carbocycles. The first kappa shape index (κ1) is 15.5. The first-order valence-corrected chi connectivity index (χ1v) is 8.43. The Morgan fingerprint density at radius 3 is 2.77 bits per heavy atom. The van der Waals surface area contributed by atoms with Crippen molar-refractivity contribution in [2.45, 2.75) is 57.2 Å². The fourth-order valence-corrected chi connectivity index (χ4v) is 4.56. The van der Waals surface area contributed by atoms with Gasteiger partial charge in [0, 0.05) is 6.42 Å². The first-order chi connectivity index (χ1) is 10.5. The van der Waals surface area contributed by atoms with E-state index in [9.17, 15) is 15.6 Å². The standard InChI is InChI=1S/C15H21N3O3S/c1-14(2)13(11-7-6-10-22-11)17(20)15(18(14)21)9-5-3-4-8-12(15)16-19/h6-7,10,19,21H,3-5,8-9H2,1-2H3/b16-12-/t15-/m1/s1. The lowest BCUT2D eigenvalue weighted by molar-refractivity contribution is -0.567. The molecule has 1 aromatic heterocycles. The molecule has 0 saturated heterocycles. The summed E-state index contributed by atoms with van der Waals surface area (Å²) in [4.78, 5) is 0.831. The number of hydrogen-bond acceptors (Lipinski definition) is 6. The SMILES string of the molecule is CC1(C)C(c2cccs2)=[N+]([O-])[C@]2(CCCCC/C2=N/O)N1O. The van der Waals surface area contributed by atoms with Crippen molar-refractivity contribution in [3.05, 3.63) is 27.6 Å². The van der Waals surface area contributed by atoms with Gasteiger partial charge in [0.15, 0.2) is 0 Å². The second-order valence-corrected chi connectivity index (χ2v) is 7.36. The molecule has 120 valence electrons. The predicted octanol–water partition coefficient (Wildman–Crippen LogP) is 3.02. The van der Waals surface area contributed by atoms with Crippen LogP contribution in [0.15, 0.2) is 22.7 Å². The summed E-state index contributed by atoms with van der Waals surface area (Å²) in [5, 5.41) is 39.9. The average Bonchev–Trinajstić information content (AvgIpc) is 2.96. The minimum Gasteiger partial charge on any atom is -0.622 e. The molecule has 1 saturated carbocycles. The number of nitrogens with zero attached hydrogens (tertiary/aromatic N) is 3. The van der Waals surface area contributed by atoms with Crippen molar-refractivity contribution in [2.24, 2.45) is 5.16 Å². The highest BCUT2D eigenvalue weighted by Gasteiger charge is 2.65. The molecular weight excluding hydrogens is 302 g/mol. The van der Waals surface area contributed by atoms with Gasteiger partial charge in [-0.25, -0.2) is 0 Å². The second kappa shape index (κ2) is 5.33. The molecule has 1 fully saturated rings. The minimum absolute atomic E-state index is 0.349. The van der Waals surface area contributed by atoms with Gasteiger partial charge in [-0.2, -0.15) is 4.74 Å². The first-order valence-electron chi connectivity index (χ1n) is 7.55. The maximum atomic E-state index is 13.2. The Kier molecular flexibility index (Phi) is 3.74. The number of oxime groups is 1. The molecule has 0 unspecified atom stereocenters. The Hall–Kier alpha value is -1.44. The minimum atomic E-state index is -1.30. The van der Waals surface area contributed by atoms with Gasteiger partial charge in [0.25, 0.3) is 5.66 Å². The van der Waals surface area contributed by atoms with Crippen LogP contribution in [0.2, 0.25) is 0 Å². The number of thiophene rings is 1. The van der Waals surface area contributed by atoms with Crippen LogP contribution in [0.3, 0.4) is 0 Å². The van der Waals surface area contributed by atoms with Crippen molar-refractivity contribution in [2.75, 3.05) is 0 Å². The summed E-state index contributed by atoms with van der Waals surface area (Å²) < 4.78 is 0.874. The number of rotatable bonds is 1. The van der Waals surface area contributed by atoms with E-state index in [4.69, 9.17) is 0 Å². The van der Waals surface area contributed by atoms with Crippen LogP contribution in [-0.2, 0) is 0 Å². The van der Waals surface area contributed by atoms with Crippen molar-refractivity contribution < 1.29 is 15.2 Å². The van der Waals surface area contributed by atoms with Gasteiger partial charge in [-0.1, -0.05) is 17.6 Å². The quantitative estimate of drug-likeness (QED) is 0.360. The van der Waals surface area contributed by atoms with Gasteiger partial charge in [-0.3, -0.25) is 0 Å². The van der Waals surface area contributed by atoms with Crippen LogP contribution in [0, 0.1) is 5.21 Å². The van der Waals surface area contributed by atoms with E-state index in [0.717, 1.165) is 33.9 Å². The lowest BCUT2D eigenvalue weighted by atomic mass is 9.94. The second-order valence-electron chi connectivity index (χ2n) is 6.42. The normalized spacial score (nSPS) is 31.1. The van der Waals surface area contributed by atoms with Crippen LogP contribution in [-0.4, -0.2) is 42.8 Å². The van der Waals surface area contributed by atoms with Crippen molar-refractivity contribution in [3.8, 4) is 0 Å². The van der Waals surface area contributed by atoms with Crippen LogP contribution in [0.1, 0.15) is 50.8 Å². The maximum absolute atomic E-state index is 13.2. The van der Waals surface area contributed by atoms with Gasteiger partial charge in [0.2, 0.25) is 5.71 Å². The maximum Gasteiger partial charge on any atom is 0.293 e. The molecule has 6 nitrogen and oxygen atoms in total. The molecule has 1 aliphatic heterocycles. The molecule has 1 aromatic rings. The van der Waals surface area contributed by atoms with E-state index < -0.39 is 11.2 Å². The molecule has 0 radical (unpaired) electrons. The number of hydroxylamine groups is 3. The smallest absolute Gasteiger partial charge is 0.293 e. The summed E-state index contributed by atoms with van der Waals surface area (Å²) in [6.07, 6.45) is 3.59. The molecule has 1 aliphatic carbocycles. The van der Waals surface area contributed by atoms with Gasteiger partial charge in [0.1, 0.15) is 11.3 Å². The van der Waals surface area contributed by atoms with Crippen LogP contribution < -0.4 is 0 Å². The van der Waals surface area contributed by atoms with E-state index in [-0.39, 0.29) is 0 Å². The van der Waals surface area contributed by atoms with Gasteiger partial charge in [-0.05, 0) is 44.6 Å². The van der Waals surface area contributed by atoms with Crippen molar-refractivity contribution in [1.82, 2.24) is 5.06 Å². The lowest BCUT2D eigenvalue weighted by Crippen LogP contribution is -2.59. The van der Waals surface area contributed by atoms with Crippen LogP contribution in [0.5, 0.6) is 0 Å². The Balaban J connectivity index is 2.23. The summed E-state index contributed by atoms with van der Waals surface area (Å²) in [5.74, 6) is 0. The van der Waals surface area contributed by atoms with Gasteiger partial charge in [0.05, 0.1) is 4.88 Å². The van der Waals surface area contributed by atoms with E-state index in [1.54, 1.807) is 0 Å². The molecule has 0 amide bonds. The Labute approximate surface area is 133 Å². The lowest BCUT2D eigenvalue weighted by Gasteiger charge is -2.34. The Bertz CT molecular complexity index is 624. The van der Waals surface area contributed by atoms with Gasteiger partial charge >= 0.3 is 0 Å². The van der Waals surface area contributed by atoms with Crippen LogP contribution in [0.4, 0.5) is 0 Å². The summed E-state index contributed by atoms with van der Waals surface area (Å²) in [6.45, 7) is 3.64. The molecule has 2 heterocycles. The molecule has 2 N–H and O–H groups in total. The summed E-state index contributed by atoms with van der Waals surface area (Å²) in [6, 6.07) is 3.77. The monoisotopic (exact) mass is 323 g/mol. The van der Waals surface area contributed by atoms with E-state index in [0.29, 0.717) is 24.3 Å². The zero-order chi connectivity index (χ0) is 16.0. The van der Waals surface area contributed by atoms with Crippen LogP contribution >= 0.6 is 11.3 Å². The van der Waals surface area contributed by atoms with E-state index in [2.05, 4.69) is 5.16 Å². The molecule has 2 aliphatic rings. The number of hydrogen-bond donors (Lipinski definition) is 2. The third-order valence-corrected chi connectivity index (χ3v) is 5.65. The topological polar surface area (TPSA) is 82.1 Å². The van der Waals surface area contributed by atoms with Crippen molar-refractivity contribution in [3.63, 3.8) is 0 Å². The zero-order valence-corrected chi connectivity index (χ0v) is 13.6. The van der Waals surface area contributed by atoms with E-state index >= 15 is 0 Å². The third kappa shape index (κ3) is 1.92. The van der Waals surface area contributed by atoms with Gasteiger partial charge < -0.3 is 15.6 Å². The Morgan fingerprint density at radius 2 is 2.14 bits per heavy atom. The molecule has 0 bridgehead atoms. The zero-order valence-electron chi connectivity index (χ0n) is 12.8. The third-order valence-electron chi connectivity index (χ3n) is 4.77. The summed E-state index contributed by atoms with van der Waals surface area (Å²) in [7, 11) is 0. The van der Waals surface area contributed by atoms with E-state index in [1.807, 2.05) is 31.4 Å². The highest BCUT2D eigenvalue weighted by atomic mass is 32.1. The highest BCUT2D eigenvalue weighted by molar-refractivity contribution is 7.12. The van der Waals surface area contributed by atoms with Crippen molar-refractivity contribution in [1.29, 1.82) is 0 Å². The summed E-state index contributed by atoms with van der Waals surface area (Å²) >= 11 is 1.47. The van der Waals surface area contributed by atoms with Gasteiger partial charge in [-0.15, -0.1) is 16.4 Å². The molecule has 1 atom stereocenters. The molecule has 22 heavy (non-hydrogen) atoms. The van der Waals surface area contributed by atoms with E-state index in [1.165, 1.54) is 11.3 Å². The average molecular weight is 323 g/mol. The summed E-state index contributed by atoms with van der Waals surface area (Å²) in [5.41, 5.74) is -1.28. The predicted molar refractivity (Wildman–Crippen MR) is 84.8 cm³/mol. The van der Waals surface area contributed by atoms with Crippen LogP contribution in [0.25, 0.3) is 0 Å². The molecular formula is C15H21N3O3S. The largest absolute Gasteiger partial charge is 0.622 e. The molecule has 7 heteroatoms. The fourth-order valence-electron chi connectivity index (χ4n) is 3.66. The molecule has 1 spiro atoms. The highest BCUT2D eigenvalue weighted by Crippen LogP contribution is 2.42.